The van der Waals surface area contributed by atoms with Crippen LogP contribution in [0.15, 0.2) is 38.3 Å². The van der Waals surface area contributed by atoms with E-state index >= 15 is 0 Å². The summed E-state index contributed by atoms with van der Waals surface area (Å²) < 4.78 is 19.8. The summed E-state index contributed by atoms with van der Waals surface area (Å²) in [7, 11) is 0. The van der Waals surface area contributed by atoms with Gasteiger partial charge < -0.3 is 15.1 Å². The second-order valence-corrected chi connectivity index (χ2v) is 7.52. The second kappa shape index (κ2) is 8.47. The van der Waals surface area contributed by atoms with Gasteiger partial charge in [-0.25, -0.2) is 14.4 Å². The molecule has 1 aromatic carbocycles. The molecular formula is C18H24BrFN4O. The molecule has 2 N–H and O–H groups in total. The first kappa shape index (κ1) is 19.4. The summed E-state index contributed by atoms with van der Waals surface area (Å²) in [6, 6.07) is 4.99. The molecule has 0 atom stereocenters. The zero-order chi connectivity index (χ0) is 18.4. The molecule has 1 heterocycles. The Hall–Kier alpha value is -1.89. The molecule has 0 fully saturated rings. The van der Waals surface area contributed by atoms with E-state index in [0.29, 0.717) is 29.4 Å². The predicted molar refractivity (Wildman–Crippen MR) is 101 cm³/mol. The van der Waals surface area contributed by atoms with E-state index in [2.05, 4.69) is 57.3 Å². The number of rotatable bonds is 5. The Bertz CT molecular complexity index is 737. The molecule has 1 aromatic heterocycles. The maximum Gasteiger partial charge on any atom is 0.213 e. The largest absolute Gasteiger partial charge is 0.443 e. The summed E-state index contributed by atoms with van der Waals surface area (Å²) in [4.78, 5) is 8.76. The monoisotopic (exact) mass is 410 g/mol. The standard InChI is InChI=1S/C18H24BrFN4O/c1-5-21-17(23-9-12-6-7-13(19)14(20)8-12)24-11-16-22-10-15(25-16)18(2,3)4/h6-8,10H,5,9,11H2,1-4H3,(H2,21,23,24). The maximum atomic E-state index is 13.6. The molecule has 0 saturated heterocycles. The van der Waals surface area contributed by atoms with Crippen molar-refractivity contribution in [1.29, 1.82) is 0 Å². The van der Waals surface area contributed by atoms with E-state index in [1.807, 2.05) is 13.0 Å². The molecule has 0 aliphatic rings. The highest BCUT2D eigenvalue weighted by atomic mass is 79.9. The Morgan fingerprint density at radius 3 is 2.68 bits per heavy atom. The minimum absolute atomic E-state index is 0.0739. The van der Waals surface area contributed by atoms with Crippen LogP contribution in [0.2, 0.25) is 0 Å². The van der Waals surface area contributed by atoms with Crippen molar-refractivity contribution in [3.63, 3.8) is 0 Å². The zero-order valence-electron chi connectivity index (χ0n) is 15.0. The molecule has 0 spiro atoms. The predicted octanol–water partition coefficient (Wildman–Crippen LogP) is 4.13. The van der Waals surface area contributed by atoms with Crippen LogP contribution in [0.25, 0.3) is 0 Å². The third kappa shape index (κ3) is 5.85. The maximum absolute atomic E-state index is 13.6. The molecule has 136 valence electrons. The number of aliphatic imine (C=N–C) groups is 1. The highest BCUT2D eigenvalue weighted by molar-refractivity contribution is 9.10. The minimum atomic E-state index is -0.292. The molecule has 7 heteroatoms. The fourth-order valence-electron chi connectivity index (χ4n) is 2.05. The van der Waals surface area contributed by atoms with Gasteiger partial charge in [0.1, 0.15) is 11.6 Å². The van der Waals surface area contributed by atoms with Crippen molar-refractivity contribution in [1.82, 2.24) is 15.6 Å². The number of benzene rings is 1. The summed E-state index contributed by atoms with van der Waals surface area (Å²) in [5, 5.41) is 6.33. The van der Waals surface area contributed by atoms with Gasteiger partial charge in [0, 0.05) is 12.0 Å². The number of hydrogen-bond acceptors (Lipinski definition) is 3. The average molecular weight is 411 g/mol. The van der Waals surface area contributed by atoms with Crippen LogP contribution in [0.5, 0.6) is 0 Å². The number of halogens is 2. The molecular weight excluding hydrogens is 387 g/mol. The molecule has 25 heavy (non-hydrogen) atoms. The van der Waals surface area contributed by atoms with Crippen molar-refractivity contribution >= 4 is 21.9 Å². The number of nitrogens with zero attached hydrogens (tertiary/aromatic N) is 2. The molecule has 0 bridgehead atoms. The molecule has 0 aliphatic heterocycles. The van der Waals surface area contributed by atoms with Gasteiger partial charge in [-0.05, 0) is 40.5 Å². The van der Waals surface area contributed by atoms with E-state index in [9.17, 15) is 4.39 Å². The van der Waals surface area contributed by atoms with Crippen LogP contribution in [0, 0.1) is 5.82 Å². The average Bonchev–Trinajstić information content (AvgIpc) is 3.02. The van der Waals surface area contributed by atoms with E-state index in [-0.39, 0.29) is 11.2 Å². The molecule has 0 unspecified atom stereocenters. The smallest absolute Gasteiger partial charge is 0.213 e. The first-order chi connectivity index (χ1) is 11.8. The number of nitrogens with one attached hydrogen (secondary N) is 2. The third-order valence-electron chi connectivity index (χ3n) is 3.45. The van der Waals surface area contributed by atoms with Crippen LogP contribution >= 0.6 is 15.9 Å². The molecule has 5 nitrogen and oxygen atoms in total. The van der Waals surface area contributed by atoms with Crippen LogP contribution in [-0.4, -0.2) is 17.5 Å². The van der Waals surface area contributed by atoms with Gasteiger partial charge in [0.25, 0.3) is 0 Å². The van der Waals surface area contributed by atoms with Crippen LogP contribution < -0.4 is 10.6 Å². The summed E-state index contributed by atoms with van der Waals surface area (Å²) in [5.74, 6) is 1.78. The Balaban J connectivity index is 1.99. The summed E-state index contributed by atoms with van der Waals surface area (Å²) in [5.41, 5.74) is 0.721. The lowest BCUT2D eigenvalue weighted by Crippen LogP contribution is -2.36. The van der Waals surface area contributed by atoms with Gasteiger partial charge in [0.05, 0.1) is 23.8 Å². The molecule has 0 radical (unpaired) electrons. The first-order valence-corrected chi connectivity index (χ1v) is 9.00. The second-order valence-electron chi connectivity index (χ2n) is 6.67. The highest BCUT2D eigenvalue weighted by Crippen LogP contribution is 2.22. The minimum Gasteiger partial charge on any atom is -0.443 e. The molecule has 0 aliphatic carbocycles. The fraction of sp³-hybridized carbons (Fsp3) is 0.444. The summed E-state index contributed by atoms with van der Waals surface area (Å²) >= 11 is 3.15. The number of oxazole rings is 1. The number of aromatic nitrogens is 1. The quantitative estimate of drug-likeness (QED) is 0.574. The van der Waals surface area contributed by atoms with E-state index in [1.165, 1.54) is 6.07 Å². The van der Waals surface area contributed by atoms with Gasteiger partial charge in [-0.15, -0.1) is 0 Å². The van der Waals surface area contributed by atoms with Crippen molar-refractivity contribution in [3.8, 4) is 0 Å². The Morgan fingerprint density at radius 2 is 2.08 bits per heavy atom. The molecule has 2 aromatic rings. The lowest BCUT2D eigenvalue weighted by molar-refractivity contribution is 0.379. The lowest BCUT2D eigenvalue weighted by atomic mass is 9.94. The van der Waals surface area contributed by atoms with Crippen LogP contribution in [0.3, 0.4) is 0 Å². The topological polar surface area (TPSA) is 62.5 Å². The number of guanidine groups is 1. The Labute approximate surface area is 156 Å². The van der Waals surface area contributed by atoms with E-state index in [1.54, 1.807) is 12.3 Å². The highest BCUT2D eigenvalue weighted by Gasteiger charge is 2.19. The van der Waals surface area contributed by atoms with E-state index in [4.69, 9.17) is 4.42 Å². The molecule has 2 rings (SSSR count). The van der Waals surface area contributed by atoms with Gasteiger partial charge in [-0.1, -0.05) is 26.8 Å². The van der Waals surface area contributed by atoms with Crippen molar-refractivity contribution < 1.29 is 8.81 Å². The van der Waals surface area contributed by atoms with Gasteiger partial charge in [0.15, 0.2) is 5.96 Å². The Kier molecular flexibility index (Phi) is 6.58. The Morgan fingerprint density at radius 1 is 1.32 bits per heavy atom. The van der Waals surface area contributed by atoms with Gasteiger partial charge in [-0.3, -0.25) is 0 Å². The third-order valence-corrected chi connectivity index (χ3v) is 4.09. The zero-order valence-corrected chi connectivity index (χ0v) is 16.6. The van der Waals surface area contributed by atoms with Crippen LogP contribution in [0.1, 0.15) is 44.9 Å². The van der Waals surface area contributed by atoms with Crippen LogP contribution in [0.4, 0.5) is 4.39 Å². The van der Waals surface area contributed by atoms with Crippen LogP contribution in [-0.2, 0) is 18.5 Å². The van der Waals surface area contributed by atoms with Gasteiger partial charge in [-0.2, -0.15) is 0 Å². The summed E-state index contributed by atoms with van der Waals surface area (Å²) in [6.45, 7) is 9.74. The van der Waals surface area contributed by atoms with Crippen molar-refractivity contribution in [2.75, 3.05) is 6.54 Å². The molecule has 0 amide bonds. The SMILES string of the molecule is CCNC(=NCc1ccc(Br)c(F)c1)NCc1ncc(C(C)(C)C)o1. The van der Waals surface area contributed by atoms with Crippen molar-refractivity contribution in [3.05, 3.63) is 51.9 Å². The van der Waals surface area contributed by atoms with Gasteiger partial charge >= 0.3 is 0 Å². The van der Waals surface area contributed by atoms with E-state index in [0.717, 1.165) is 17.9 Å². The summed E-state index contributed by atoms with van der Waals surface area (Å²) in [6.07, 6.45) is 1.76. The fourth-order valence-corrected chi connectivity index (χ4v) is 2.29. The first-order valence-electron chi connectivity index (χ1n) is 8.21. The molecule has 0 saturated carbocycles. The van der Waals surface area contributed by atoms with Crippen molar-refractivity contribution in [2.24, 2.45) is 4.99 Å². The van der Waals surface area contributed by atoms with E-state index < -0.39 is 0 Å². The normalized spacial score (nSPS) is 12.3. The number of hydrogen-bond donors (Lipinski definition) is 2. The lowest BCUT2D eigenvalue weighted by Gasteiger charge is -2.13. The van der Waals surface area contributed by atoms with Gasteiger partial charge in [0.2, 0.25) is 5.89 Å². The van der Waals surface area contributed by atoms with Crippen molar-refractivity contribution in [2.45, 2.75) is 46.2 Å².